The highest BCUT2D eigenvalue weighted by molar-refractivity contribution is 9.10. The Morgan fingerprint density at radius 2 is 2.24 bits per heavy atom. The molecule has 0 aromatic heterocycles. The van der Waals surface area contributed by atoms with E-state index < -0.39 is 0 Å². The maximum Gasteiger partial charge on any atom is 0.239 e. The topological polar surface area (TPSA) is 41.1 Å². The summed E-state index contributed by atoms with van der Waals surface area (Å²) in [7, 11) is 0. The molecule has 92 valence electrons. The van der Waals surface area contributed by atoms with Crippen molar-refractivity contribution in [3.63, 3.8) is 0 Å². The van der Waals surface area contributed by atoms with Crippen molar-refractivity contribution in [3.8, 4) is 0 Å². The third kappa shape index (κ3) is 4.04. The number of benzene rings is 1. The van der Waals surface area contributed by atoms with E-state index in [1.807, 2.05) is 25.1 Å². The molecule has 4 heteroatoms. The molecule has 0 atom stereocenters. The van der Waals surface area contributed by atoms with Crippen LogP contribution in [0.4, 0.5) is 5.69 Å². The first-order chi connectivity index (χ1) is 8.15. The highest BCUT2D eigenvalue weighted by Gasteiger charge is 2.21. The van der Waals surface area contributed by atoms with Crippen LogP contribution in [0.15, 0.2) is 22.7 Å². The number of aryl methyl sites for hydroxylation is 1. The van der Waals surface area contributed by atoms with Gasteiger partial charge in [0.05, 0.1) is 6.54 Å². The van der Waals surface area contributed by atoms with Gasteiger partial charge in [0.15, 0.2) is 0 Å². The first kappa shape index (κ1) is 12.4. The summed E-state index contributed by atoms with van der Waals surface area (Å²) < 4.78 is 1.05. The molecule has 17 heavy (non-hydrogen) atoms. The van der Waals surface area contributed by atoms with Crippen molar-refractivity contribution < 1.29 is 4.79 Å². The van der Waals surface area contributed by atoms with E-state index in [-0.39, 0.29) is 5.91 Å². The molecule has 0 spiro atoms. The zero-order chi connectivity index (χ0) is 12.3. The largest absolute Gasteiger partial charge is 0.376 e. The van der Waals surface area contributed by atoms with Crippen LogP contribution in [0.25, 0.3) is 0 Å². The number of amides is 1. The summed E-state index contributed by atoms with van der Waals surface area (Å²) in [6, 6.07) is 5.98. The smallest absolute Gasteiger partial charge is 0.239 e. The molecule has 1 amide bonds. The van der Waals surface area contributed by atoms with Crippen LogP contribution in [0.3, 0.4) is 0 Å². The lowest BCUT2D eigenvalue weighted by Crippen LogP contribution is -2.31. The molecule has 0 radical (unpaired) electrons. The molecule has 2 rings (SSSR count). The standard InChI is InChI=1S/C13H17BrN2O/c1-9-6-11(14)4-5-12(9)15-8-13(17)16-7-10-2-3-10/h4-6,10,15H,2-3,7-8H2,1H3,(H,16,17). The van der Waals surface area contributed by atoms with Crippen LogP contribution < -0.4 is 10.6 Å². The highest BCUT2D eigenvalue weighted by atomic mass is 79.9. The van der Waals surface area contributed by atoms with Crippen molar-refractivity contribution in [2.75, 3.05) is 18.4 Å². The number of halogens is 1. The number of hydrogen-bond acceptors (Lipinski definition) is 2. The molecule has 1 saturated carbocycles. The molecule has 3 nitrogen and oxygen atoms in total. The minimum Gasteiger partial charge on any atom is -0.376 e. The zero-order valence-corrected chi connectivity index (χ0v) is 11.5. The van der Waals surface area contributed by atoms with Gasteiger partial charge >= 0.3 is 0 Å². The lowest BCUT2D eigenvalue weighted by atomic mass is 10.2. The Hall–Kier alpha value is -1.03. The van der Waals surface area contributed by atoms with E-state index in [0.717, 1.165) is 28.2 Å². The summed E-state index contributed by atoms with van der Waals surface area (Å²) in [5, 5.41) is 6.09. The zero-order valence-electron chi connectivity index (χ0n) is 9.92. The Balaban J connectivity index is 1.77. The van der Waals surface area contributed by atoms with Gasteiger partial charge in [-0.3, -0.25) is 4.79 Å². The number of carbonyl (C=O) groups is 1. The Bertz CT molecular complexity index is 416. The van der Waals surface area contributed by atoms with Crippen LogP contribution in [0.5, 0.6) is 0 Å². The fraction of sp³-hybridized carbons (Fsp3) is 0.462. The molecule has 0 aliphatic heterocycles. The second kappa shape index (κ2) is 5.54. The van der Waals surface area contributed by atoms with E-state index in [1.54, 1.807) is 0 Å². The van der Waals surface area contributed by atoms with Gasteiger partial charge in [-0.2, -0.15) is 0 Å². The van der Waals surface area contributed by atoms with E-state index >= 15 is 0 Å². The fourth-order valence-corrected chi connectivity index (χ4v) is 2.12. The molecule has 0 bridgehead atoms. The molecule has 1 fully saturated rings. The van der Waals surface area contributed by atoms with Crippen molar-refractivity contribution >= 4 is 27.5 Å². The predicted octanol–water partition coefficient (Wildman–Crippen LogP) is 2.70. The summed E-state index contributed by atoms with van der Waals surface area (Å²) in [4.78, 5) is 11.5. The third-order valence-corrected chi connectivity index (χ3v) is 3.41. The minimum atomic E-state index is 0.0687. The van der Waals surface area contributed by atoms with Crippen molar-refractivity contribution in [2.45, 2.75) is 19.8 Å². The molecule has 0 heterocycles. The van der Waals surface area contributed by atoms with E-state index in [2.05, 4.69) is 26.6 Å². The maximum absolute atomic E-state index is 11.5. The van der Waals surface area contributed by atoms with Gasteiger partial charge in [-0.1, -0.05) is 15.9 Å². The Labute approximate surface area is 110 Å². The Morgan fingerprint density at radius 1 is 1.47 bits per heavy atom. The first-order valence-electron chi connectivity index (χ1n) is 5.92. The molecule has 0 saturated heterocycles. The normalized spacial score (nSPS) is 14.5. The SMILES string of the molecule is Cc1cc(Br)ccc1NCC(=O)NCC1CC1. The molecule has 2 N–H and O–H groups in total. The quantitative estimate of drug-likeness (QED) is 0.877. The molecular formula is C13H17BrN2O. The van der Waals surface area contributed by atoms with E-state index in [1.165, 1.54) is 12.8 Å². The monoisotopic (exact) mass is 296 g/mol. The minimum absolute atomic E-state index is 0.0687. The van der Waals surface area contributed by atoms with Gasteiger partial charge in [-0.25, -0.2) is 0 Å². The second-order valence-corrected chi connectivity index (χ2v) is 5.48. The van der Waals surface area contributed by atoms with Crippen molar-refractivity contribution in [1.82, 2.24) is 5.32 Å². The number of anilines is 1. The van der Waals surface area contributed by atoms with Crippen molar-refractivity contribution in [2.24, 2.45) is 5.92 Å². The molecule has 1 aromatic rings. The Kier molecular flexibility index (Phi) is 4.05. The number of rotatable bonds is 5. The summed E-state index contributed by atoms with van der Waals surface area (Å²) in [5.41, 5.74) is 2.14. The Morgan fingerprint density at radius 3 is 2.88 bits per heavy atom. The second-order valence-electron chi connectivity index (χ2n) is 4.56. The van der Waals surface area contributed by atoms with E-state index in [4.69, 9.17) is 0 Å². The van der Waals surface area contributed by atoms with Crippen LogP contribution in [0, 0.1) is 12.8 Å². The van der Waals surface area contributed by atoms with E-state index in [0.29, 0.717) is 6.54 Å². The van der Waals surface area contributed by atoms with Gasteiger partial charge in [0.25, 0.3) is 0 Å². The average molecular weight is 297 g/mol. The van der Waals surface area contributed by atoms with Gasteiger partial charge in [0, 0.05) is 16.7 Å². The maximum atomic E-state index is 11.5. The van der Waals surface area contributed by atoms with Gasteiger partial charge in [0.1, 0.15) is 0 Å². The van der Waals surface area contributed by atoms with Crippen LogP contribution >= 0.6 is 15.9 Å². The van der Waals surface area contributed by atoms with E-state index in [9.17, 15) is 4.79 Å². The summed E-state index contributed by atoms with van der Waals surface area (Å²) in [6.07, 6.45) is 2.53. The molecule has 1 aliphatic carbocycles. The fourth-order valence-electron chi connectivity index (χ4n) is 1.64. The van der Waals surface area contributed by atoms with Crippen LogP contribution in [-0.2, 0) is 4.79 Å². The first-order valence-corrected chi connectivity index (χ1v) is 6.71. The average Bonchev–Trinajstić information content (AvgIpc) is 3.09. The predicted molar refractivity (Wildman–Crippen MR) is 73.1 cm³/mol. The van der Waals surface area contributed by atoms with Gasteiger partial charge in [-0.15, -0.1) is 0 Å². The number of hydrogen-bond donors (Lipinski definition) is 2. The lowest BCUT2D eigenvalue weighted by molar-refractivity contribution is -0.119. The molecule has 0 unspecified atom stereocenters. The van der Waals surface area contributed by atoms with Crippen molar-refractivity contribution in [1.29, 1.82) is 0 Å². The van der Waals surface area contributed by atoms with Gasteiger partial charge in [-0.05, 0) is 49.4 Å². The van der Waals surface area contributed by atoms with Crippen LogP contribution in [-0.4, -0.2) is 19.0 Å². The van der Waals surface area contributed by atoms with Gasteiger partial charge < -0.3 is 10.6 Å². The third-order valence-electron chi connectivity index (χ3n) is 2.91. The highest BCUT2D eigenvalue weighted by Crippen LogP contribution is 2.27. The number of carbonyl (C=O) groups excluding carboxylic acids is 1. The van der Waals surface area contributed by atoms with Crippen molar-refractivity contribution in [3.05, 3.63) is 28.2 Å². The number of nitrogens with one attached hydrogen (secondary N) is 2. The van der Waals surface area contributed by atoms with Crippen LogP contribution in [0.1, 0.15) is 18.4 Å². The molecule has 1 aliphatic rings. The summed E-state index contributed by atoms with van der Waals surface area (Å²) in [6.45, 7) is 3.20. The lowest BCUT2D eigenvalue weighted by Gasteiger charge is -2.10. The van der Waals surface area contributed by atoms with Gasteiger partial charge in [0.2, 0.25) is 5.91 Å². The summed E-state index contributed by atoms with van der Waals surface area (Å²) >= 11 is 3.42. The molecule has 1 aromatic carbocycles. The van der Waals surface area contributed by atoms with Crippen LogP contribution in [0.2, 0.25) is 0 Å². The summed E-state index contributed by atoms with van der Waals surface area (Å²) in [5.74, 6) is 0.799. The molecular weight excluding hydrogens is 280 g/mol.